The lowest BCUT2D eigenvalue weighted by atomic mass is 10.2. The molecule has 15 heavy (non-hydrogen) atoms. The van der Waals surface area contributed by atoms with E-state index < -0.39 is 0 Å². The van der Waals surface area contributed by atoms with Crippen LogP contribution in [0.4, 0.5) is 5.95 Å². The zero-order valence-electron chi connectivity index (χ0n) is 8.95. The largest absolute Gasteiger partial charge is 0.347 e. The van der Waals surface area contributed by atoms with E-state index in [1.165, 1.54) is 5.56 Å². The van der Waals surface area contributed by atoms with Gasteiger partial charge in [0.2, 0.25) is 5.95 Å². The van der Waals surface area contributed by atoms with Gasteiger partial charge in [0.05, 0.1) is 5.52 Å². The van der Waals surface area contributed by atoms with E-state index in [1.54, 1.807) is 0 Å². The first-order chi connectivity index (χ1) is 7.08. The molecule has 4 heteroatoms. The Morgan fingerprint density at radius 2 is 1.93 bits per heavy atom. The summed E-state index contributed by atoms with van der Waals surface area (Å²) < 4.78 is 0. The van der Waals surface area contributed by atoms with Gasteiger partial charge < -0.3 is 4.90 Å². The van der Waals surface area contributed by atoms with Crippen LogP contribution >= 0.6 is 11.6 Å². The van der Waals surface area contributed by atoms with Gasteiger partial charge in [-0.05, 0) is 24.6 Å². The first kappa shape index (κ1) is 10.2. The number of fused-ring (bicyclic) bond motifs is 1. The molecule has 0 saturated carbocycles. The van der Waals surface area contributed by atoms with Gasteiger partial charge >= 0.3 is 0 Å². The van der Waals surface area contributed by atoms with E-state index in [2.05, 4.69) is 9.97 Å². The molecule has 0 aliphatic rings. The van der Waals surface area contributed by atoms with E-state index in [0.29, 0.717) is 11.1 Å². The molecule has 0 aliphatic carbocycles. The average molecular weight is 222 g/mol. The van der Waals surface area contributed by atoms with Gasteiger partial charge in [0.25, 0.3) is 0 Å². The summed E-state index contributed by atoms with van der Waals surface area (Å²) in [6, 6.07) is 5.97. The van der Waals surface area contributed by atoms with Crippen molar-refractivity contribution in [3.05, 3.63) is 28.9 Å². The lowest BCUT2D eigenvalue weighted by molar-refractivity contribution is 1.02. The molecule has 0 fully saturated rings. The lowest BCUT2D eigenvalue weighted by Gasteiger charge is -2.11. The number of aryl methyl sites for hydroxylation is 1. The van der Waals surface area contributed by atoms with Crippen LogP contribution in [0.15, 0.2) is 18.2 Å². The fraction of sp³-hybridized carbons (Fsp3) is 0.273. The summed E-state index contributed by atoms with van der Waals surface area (Å²) in [6.45, 7) is 2.03. The topological polar surface area (TPSA) is 29.0 Å². The standard InChI is InChI=1S/C11H12ClN3/c1-7-4-5-8-9(6-7)13-11(15(2)3)14-10(8)12/h4-6H,1-3H3. The number of aromatic nitrogens is 2. The molecule has 0 aliphatic heterocycles. The van der Waals surface area contributed by atoms with E-state index in [0.717, 1.165) is 10.9 Å². The first-order valence-electron chi connectivity index (χ1n) is 4.69. The minimum absolute atomic E-state index is 0.503. The van der Waals surface area contributed by atoms with Gasteiger partial charge in [-0.15, -0.1) is 0 Å². The lowest BCUT2D eigenvalue weighted by Crippen LogP contribution is -2.12. The maximum atomic E-state index is 6.08. The molecule has 0 radical (unpaired) electrons. The number of anilines is 1. The average Bonchev–Trinajstić information content (AvgIpc) is 2.16. The minimum Gasteiger partial charge on any atom is -0.347 e. The molecule has 2 rings (SSSR count). The van der Waals surface area contributed by atoms with Crippen molar-refractivity contribution in [3.63, 3.8) is 0 Å². The number of benzene rings is 1. The normalized spacial score (nSPS) is 10.7. The molecule has 2 aromatic rings. The molecule has 0 amide bonds. The molecule has 0 atom stereocenters. The molecule has 1 heterocycles. The van der Waals surface area contributed by atoms with Crippen molar-refractivity contribution < 1.29 is 0 Å². The van der Waals surface area contributed by atoms with Crippen LogP contribution in [0.25, 0.3) is 10.9 Å². The van der Waals surface area contributed by atoms with Crippen LogP contribution in [0.5, 0.6) is 0 Å². The SMILES string of the molecule is Cc1ccc2c(Cl)nc(N(C)C)nc2c1. The fourth-order valence-corrected chi connectivity index (χ4v) is 1.62. The fourth-order valence-electron chi connectivity index (χ4n) is 1.39. The Hall–Kier alpha value is -1.35. The Balaban J connectivity index is 2.74. The smallest absolute Gasteiger partial charge is 0.226 e. The van der Waals surface area contributed by atoms with Gasteiger partial charge in [-0.2, -0.15) is 0 Å². The number of nitrogens with zero attached hydrogens (tertiary/aromatic N) is 3. The Bertz CT molecular complexity index is 508. The van der Waals surface area contributed by atoms with Crippen molar-refractivity contribution in [2.75, 3.05) is 19.0 Å². The predicted molar refractivity (Wildman–Crippen MR) is 63.6 cm³/mol. The zero-order valence-corrected chi connectivity index (χ0v) is 9.71. The minimum atomic E-state index is 0.503. The highest BCUT2D eigenvalue weighted by atomic mass is 35.5. The second kappa shape index (κ2) is 3.66. The number of rotatable bonds is 1. The van der Waals surface area contributed by atoms with Crippen molar-refractivity contribution >= 4 is 28.5 Å². The zero-order chi connectivity index (χ0) is 11.0. The summed E-state index contributed by atoms with van der Waals surface area (Å²) >= 11 is 6.08. The molecule has 0 saturated heterocycles. The monoisotopic (exact) mass is 221 g/mol. The van der Waals surface area contributed by atoms with Crippen LogP contribution in [0.3, 0.4) is 0 Å². The van der Waals surface area contributed by atoms with Crippen molar-refractivity contribution in [1.29, 1.82) is 0 Å². The van der Waals surface area contributed by atoms with Gasteiger partial charge in [0.15, 0.2) is 0 Å². The third kappa shape index (κ3) is 1.88. The Kier molecular flexibility index (Phi) is 2.49. The summed E-state index contributed by atoms with van der Waals surface area (Å²) in [5, 5.41) is 1.40. The molecule has 1 aromatic heterocycles. The van der Waals surface area contributed by atoms with Crippen LogP contribution in [-0.4, -0.2) is 24.1 Å². The molecule has 0 bridgehead atoms. The van der Waals surface area contributed by atoms with Crippen molar-refractivity contribution in [1.82, 2.24) is 9.97 Å². The molecule has 3 nitrogen and oxygen atoms in total. The highest BCUT2D eigenvalue weighted by molar-refractivity contribution is 6.34. The van der Waals surface area contributed by atoms with Gasteiger partial charge in [0.1, 0.15) is 5.15 Å². The van der Waals surface area contributed by atoms with Gasteiger partial charge in [-0.3, -0.25) is 0 Å². The third-order valence-electron chi connectivity index (χ3n) is 2.19. The molecule has 0 unspecified atom stereocenters. The molecule has 1 aromatic carbocycles. The van der Waals surface area contributed by atoms with E-state index >= 15 is 0 Å². The van der Waals surface area contributed by atoms with Crippen LogP contribution < -0.4 is 4.90 Å². The third-order valence-corrected chi connectivity index (χ3v) is 2.48. The van der Waals surface area contributed by atoms with E-state index in [9.17, 15) is 0 Å². The van der Waals surface area contributed by atoms with E-state index in [1.807, 2.05) is 44.1 Å². The Labute approximate surface area is 93.7 Å². The van der Waals surface area contributed by atoms with Gasteiger partial charge in [-0.1, -0.05) is 17.7 Å². The highest BCUT2D eigenvalue weighted by Gasteiger charge is 2.06. The van der Waals surface area contributed by atoms with Crippen LogP contribution in [0.1, 0.15) is 5.56 Å². The molecular weight excluding hydrogens is 210 g/mol. The second-order valence-corrected chi connectivity index (χ2v) is 4.09. The summed E-state index contributed by atoms with van der Waals surface area (Å²) in [5.74, 6) is 0.637. The number of halogens is 1. The van der Waals surface area contributed by atoms with Crippen molar-refractivity contribution in [2.45, 2.75) is 6.92 Å². The van der Waals surface area contributed by atoms with E-state index in [-0.39, 0.29) is 0 Å². The van der Waals surface area contributed by atoms with E-state index in [4.69, 9.17) is 11.6 Å². The van der Waals surface area contributed by atoms with Crippen molar-refractivity contribution in [2.24, 2.45) is 0 Å². The summed E-state index contributed by atoms with van der Waals surface area (Å²) in [5.41, 5.74) is 2.06. The summed E-state index contributed by atoms with van der Waals surface area (Å²) in [7, 11) is 3.79. The quantitative estimate of drug-likeness (QED) is 0.694. The van der Waals surface area contributed by atoms with Gasteiger partial charge in [-0.25, -0.2) is 9.97 Å². The Morgan fingerprint density at radius 1 is 1.20 bits per heavy atom. The second-order valence-electron chi connectivity index (χ2n) is 3.73. The Morgan fingerprint density at radius 3 is 2.60 bits per heavy atom. The number of hydrogen-bond donors (Lipinski definition) is 0. The van der Waals surface area contributed by atoms with Crippen LogP contribution in [0.2, 0.25) is 5.15 Å². The molecule has 0 spiro atoms. The first-order valence-corrected chi connectivity index (χ1v) is 5.07. The summed E-state index contributed by atoms with van der Waals surface area (Å²) in [6.07, 6.45) is 0. The maximum Gasteiger partial charge on any atom is 0.226 e. The molecular formula is C11H12ClN3. The maximum absolute atomic E-state index is 6.08. The summed E-state index contributed by atoms with van der Waals surface area (Å²) in [4.78, 5) is 10.5. The van der Waals surface area contributed by atoms with Crippen molar-refractivity contribution in [3.8, 4) is 0 Å². The predicted octanol–water partition coefficient (Wildman–Crippen LogP) is 2.66. The molecule has 78 valence electrons. The van der Waals surface area contributed by atoms with Crippen LogP contribution in [-0.2, 0) is 0 Å². The molecule has 0 N–H and O–H groups in total. The van der Waals surface area contributed by atoms with Crippen LogP contribution in [0, 0.1) is 6.92 Å². The highest BCUT2D eigenvalue weighted by Crippen LogP contribution is 2.23. The van der Waals surface area contributed by atoms with Gasteiger partial charge in [0, 0.05) is 19.5 Å². The number of hydrogen-bond acceptors (Lipinski definition) is 3.